The van der Waals surface area contributed by atoms with Gasteiger partial charge in [-0.3, -0.25) is 9.59 Å². The van der Waals surface area contributed by atoms with E-state index in [0.717, 1.165) is 32.1 Å². The van der Waals surface area contributed by atoms with Crippen molar-refractivity contribution in [3.63, 3.8) is 0 Å². The number of carbonyl (C=O) groups is 2. The molecule has 6 nitrogen and oxygen atoms in total. The highest BCUT2D eigenvalue weighted by Crippen LogP contribution is 2.49. The lowest BCUT2D eigenvalue weighted by Crippen LogP contribution is -2.45. The zero-order valence-electron chi connectivity index (χ0n) is 28.2. The molecule has 0 heterocycles. The Morgan fingerprint density at radius 2 is 1.29 bits per heavy atom. The monoisotopic (exact) mass is 620 g/mol. The van der Waals surface area contributed by atoms with Gasteiger partial charge < -0.3 is 19.1 Å². The quantitative estimate of drug-likeness (QED) is 0.109. The summed E-state index contributed by atoms with van der Waals surface area (Å²) in [5, 5.41) is 20.2. The predicted octanol–water partition coefficient (Wildman–Crippen LogP) is 8.85. The molecule has 42 heavy (non-hydrogen) atoms. The molecule has 1 aliphatic rings. The maximum absolute atomic E-state index is 13.0. The van der Waals surface area contributed by atoms with Gasteiger partial charge in [0.1, 0.15) is 6.10 Å². The van der Waals surface area contributed by atoms with Crippen molar-refractivity contribution in [3.05, 3.63) is 35.9 Å². The van der Waals surface area contributed by atoms with Gasteiger partial charge in [0.25, 0.3) is 0 Å². The normalized spacial score (nSPS) is 22.7. The Labute approximate surface area is 258 Å². The third kappa shape index (κ3) is 10.4. The van der Waals surface area contributed by atoms with Gasteiger partial charge in [0.2, 0.25) is 0 Å². The van der Waals surface area contributed by atoms with Crippen LogP contribution in [0.5, 0.6) is 0 Å². The van der Waals surface area contributed by atoms with Crippen molar-refractivity contribution in [2.24, 2.45) is 11.8 Å². The molecule has 1 aromatic rings. The first-order valence-corrected chi connectivity index (χ1v) is 21.9. The lowest BCUT2D eigenvalue weighted by Gasteiger charge is -2.40. The highest BCUT2D eigenvalue weighted by molar-refractivity contribution is 6.74. The number of aliphatic hydroxyl groups excluding tert-OH is 1. The van der Waals surface area contributed by atoms with Crippen LogP contribution in [0, 0.1) is 11.8 Å². The Hall–Kier alpha value is -1.33. The number of benzene rings is 1. The van der Waals surface area contributed by atoms with Gasteiger partial charge in [0, 0.05) is 12.0 Å². The largest absolute Gasteiger partial charge is 0.481 e. The molecule has 1 aromatic carbocycles. The predicted molar refractivity (Wildman–Crippen MR) is 177 cm³/mol. The summed E-state index contributed by atoms with van der Waals surface area (Å²) in [6.45, 7) is 22.9. The molecule has 1 fully saturated rings. The Morgan fingerprint density at radius 3 is 1.76 bits per heavy atom. The first-order chi connectivity index (χ1) is 19.3. The van der Waals surface area contributed by atoms with E-state index >= 15 is 0 Å². The zero-order chi connectivity index (χ0) is 31.9. The molecule has 2 N–H and O–H groups in total. The maximum atomic E-state index is 13.0. The molecule has 1 aliphatic carbocycles. The van der Waals surface area contributed by atoms with Gasteiger partial charge in [0.15, 0.2) is 22.4 Å². The van der Waals surface area contributed by atoms with Crippen LogP contribution >= 0.6 is 0 Å². The highest BCUT2D eigenvalue weighted by atomic mass is 28.4. The highest BCUT2D eigenvalue weighted by Gasteiger charge is 2.51. The lowest BCUT2D eigenvalue weighted by molar-refractivity contribution is -0.137. The number of ketones is 1. The minimum absolute atomic E-state index is 0.0247. The maximum Gasteiger partial charge on any atom is 0.303 e. The van der Waals surface area contributed by atoms with Crippen LogP contribution in [-0.4, -0.2) is 56.9 Å². The Kier molecular flexibility index (Phi) is 13.3. The molecule has 0 bridgehead atoms. The van der Waals surface area contributed by atoms with Crippen LogP contribution in [0.2, 0.25) is 36.3 Å². The summed E-state index contributed by atoms with van der Waals surface area (Å²) in [6.07, 6.45) is 5.83. The van der Waals surface area contributed by atoms with Crippen molar-refractivity contribution >= 4 is 28.4 Å². The molecule has 8 heteroatoms. The second kappa shape index (κ2) is 15.1. The number of hydrogen-bond acceptors (Lipinski definition) is 5. The molecule has 1 saturated carbocycles. The topological polar surface area (TPSA) is 93.1 Å². The van der Waals surface area contributed by atoms with Crippen LogP contribution in [0.4, 0.5) is 0 Å². The number of carboxylic acids is 1. The van der Waals surface area contributed by atoms with Gasteiger partial charge in [-0.05, 0) is 80.2 Å². The fourth-order valence-electron chi connectivity index (χ4n) is 5.60. The van der Waals surface area contributed by atoms with Gasteiger partial charge in [0.05, 0.1) is 12.2 Å². The van der Waals surface area contributed by atoms with Gasteiger partial charge in [-0.25, -0.2) is 0 Å². The van der Waals surface area contributed by atoms with E-state index in [4.69, 9.17) is 14.0 Å². The molecule has 0 aromatic heterocycles. The SMILES string of the molecule is CC(C)(C)[Si](C)(C)OC1CC(O[Si](C)(C)C(C)(C)C)C(CCC(O)C(=O)c2ccccc2)C1CCCCCCC(=O)O. The van der Waals surface area contributed by atoms with Crippen LogP contribution in [0.3, 0.4) is 0 Å². The van der Waals surface area contributed by atoms with Crippen LogP contribution < -0.4 is 0 Å². The average Bonchev–Trinajstić information content (AvgIpc) is 3.17. The number of Topliss-reactive ketones (excluding diaryl/α,β-unsaturated/α-hetero) is 1. The van der Waals surface area contributed by atoms with E-state index in [1.807, 2.05) is 18.2 Å². The van der Waals surface area contributed by atoms with Crippen molar-refractivity contribution in [3.8, 4) is 0 Å². The van der Waals surface area contributed by atoms with E-state index in [0.29, 0.717) is 24.8 Å². The van der Waals surface area contributed by atoms with E-state index in [1.165, 1.54) is 0 Å². The van der Waals surface area contributed by atoms with Crippen molar-refractivity contribution in [2.75, 3.05) is 0 Å². The second-order valence-corrected chi connectivity index (χ2v) is 25.1. The molecule has 0 saturated heterocycles. The van der Waals surface area contributed by atoms with Crippen LogP contribution in [-0.2, 0) is 13.6 Å². The molecule has 0 radical (unpaired) electrons. The van der Waals surface area contributed by atoms with Gasteiger partial charge in [-0.15, -0.1) is 0 Å². The Bertz CT molecular complexity index is 996. The molecule has 2 rings (SSSR count). The molecule has 5 unspecified atom stereocenters. The number of unbranched alkanes of at least 4 members (excludes halogenated alkanes) is 3. The molecular weight excluding hydrogens is 561 g/mol. The summed E-state index contributed by atoms with van der Waals surface area (Å²) < 4.78 is 14.3. The van der Waals surface area contributed by atoms with Crippen molar-refractivity contribution in [1.82, 2.24) is 0 Å². The van der Waals surface area contributed by atoms with Crippen molar-refractivity contribution in [2.45, 2.75) is 154 Å². The van der Waals surface area contributed by atoms with E-state index in [1.54, 1.807) is 12.1 Å². The van der Waals surface area contributed by atoms with E-state index < -0.39 is 28.7 Å². The molecule has 5 atom stereocenters. The smallest absolute Gasteiger partial charge is 0.303 e. The van der Waals surface area contributed by atoms with Crippen molar-refractivity contribution in [1.29, 1.82) is 0 Å². The van der Waals surface area contributed by atoms with E-state index in [-0.39, 0.29) is 46.3 Å². The summed E-state index contributed by atoms with van der Waals surface area (Å²) in [4.78, 5) is 24.0. The van der Waals surface area contributed by atoms with Crippen LogP contribution in [0.25, 0.3) is 0 Å². The summed E-state index contributed by atoms with van der Waals surface area (Å²) in [5.74, 6) is -0.499. The summed E-state index contributed by atoms with van der Waals surface area (Å²) >= 11 is 0. The van der Waals surface area contributed by atoms with Gasteiger partial charge >= 0.3 is 5.97 Å². The molecule has 0 spiro atoms. The number of carbonyl (C=O) groups excluding carboxylic acids is 1. The summed E-state index contributed by atoms with van der Waals surface area (Å²) in [5.41, 5.74) is 0.544. The standard InChI is InChI=1S/C34H60O6Si2/c1-33(2,3)41(7,8)39-29-24-30(40-42(9,10)34(4,5)6)27(26(29)20-16-11-12-17-21-31(36)37)22-23-28(35)32(38)25-18-14-13-15-19-25/h13-15,18-19,26-30,35H,11-12,16-17,20-24H2,1-10H3,(H,36,37). The fraction of sp³-hybridized carbons (Fsp3) is 0.765. The minimum atomic E-state index is -2.09. The number of hydrogen-bond donors (Lipinski definition) is 2. The fourth-order valence-corrected chi connectivity index (χ4v) is 8.36. The van der Waals surface area contributed by atoms with E-state index in [9.17, 15) is 14.7 Å². The minimum Gasteiger partial charge on any atom is -0.481 e. The summed E-state index contributed by atoms with van der Waals surface area (Å²) in [6, 6.07) is 9.06. The number of aliphatic carboxylic acids is 1. The Balaban J connectivity index is 2.33. The van der Waals surface area contributed by atoms with Gasteiger partial charge in [-0.2, -0.15) is 0 Å². The molecular formula is C34H60O6Si2. The van der Waals surface area contributed by atoms with Crippen LogP contribution in [0.1, 0.15) is 110 Å². The third-order valence-corrected chi connectivity index (χ3v) is 19.3. The Morgan fingerprint density at radius 1 is 0.810 bits per heavy atom. The summed E-state index contributed by atoms with van der Waals surface area (Å²) in [7, 11) is -4.14. The first-order valence-electron chi connectivity index (χ1n) is 16.1. The first kappa shape index (κ1) is 36.9. The molecule has 240 valence electrons. The number of aliphatic hydroxyl groups is 1. The zero-order valence-corrected chi connectivity index (χ0v) is 30.2. The third-order valence-electron chi connectivity index (χ3n) is 10.3. The van der Waals surface area contributed by atoms with Crippen molar-refractivity contribution < 1.29 is 28.7 Å². The van der Waals surface area contributed by atoms with Crippen LogP contribution in [0.15, 0.2) is 30.3 Å². The molecule has 0 aliphatic heterocycles. The van der Waals surface area contributed by atoms with E-state index in [2.05, 4.69) is 67.7 Å². The van der Waals surface area contributed by atoms with Gasteiger partial charge in [-0.1, -0.05) is 91.1 Å². The number of carboxylic acid groups (broad SMARTS) is 1. The lowest BCUT2D eigenvalue weighted by atomic mass is 9.84. The average molecular weight is 621 g/mol. The molecule has 0 amide bonds. The second-order valence-electron chi connectivity index (χ2n) is 15.6. The number of rotatable bonds is 16.